The number of hydrogen-bond donors (Lipinski definition) is 4. The van der Waals surface area contributed by atoms with Gasteiger partial charge in [0.1, 0.15) is 4.92 Å². The molecule has 1 heterocycles. The van der Waals surface area contributed by atoms with Gasteiger partial charge in [-0.1, -0.05) is 76.8 Å². The Bertz CT molecular complexity index is 1180. The van der Waals surface area contributed by atoms with Gasteiger partial charge in [-0.2, -0.15) is 10.4 Å². The molecule has 3 aromatic rings. The van der Waals surface area contributed by atoms with E-state index in [1.54, 1.807) is 24.4 Å². The molecule has 2 aromatic carbocycles. The van der Waals surface area contributed by atoms with Crippen LogP contribution in [0.3, 0.4) is 0 Å². The zero-order valence-electron chi connectivity index (χ0n) is 23.6. The lowest BCUT2D eigenvalue weighted by atomic mass is 9.79. The highest BCUT2D eigenvalue weighted by Crippen LogP contribution is 2.41. The standard InChI is InChI=1S/C16H26.C15H17N3O4S/c1-4-9-15(13-12-14(3)5-2)16-10-7-6-8-11-16;1-9-16-14(8-23-9)18(21,22)17-13-6-5-11(15(19)20)7-12(13)10-3-2-4-10/h6-8,10-11,14-15H,4-5,9,12-13H2,1-3H3;5-8,10,17,21-22H,2-4H2,1H3/p+1. The summed E-state index contributed by atoms with van der Waals surface area (Å²) in [5, 5.41) is 31.9. The normalized spacial score (nSPS) is 15.0. The Morgan fingerprint density at radius 2 is 1.82 bits per heavy atom. The molecule has 2 unspecified atom stereocenters. The third-order valence-corrected chi connectivity index (χ3v) is 8.42. The molecular weight excluding hydrogens is 510 g/mol. The Labute approximate surface area is 236 Å². The summed E-state index contributed by atoms with van der Waals surface area (Å²) in [4.78, 5) is 13.7. The molecule has 4 N–H and O–H groups in total. The number of nitrogens with one attached hydrogen (secondary N) is 1. The summed E-state index contributed by atoms with van der Waals surface area (Å²) in [5.74, 6) is 0.951. The average Bonchev–Trinajstić information content (AvgIpc) is 3.34. The van der Waals surface area contributed by atoms with Gasteiger partial charge in [-0.25, -0.2) is 4.79 Å². The van der Waals surface area contributed by atoms with Gasteiger partial charge in [-0.15, -0.1) is 21.8 Å². The Kier molecular flexibility index (Phi) is 11.5. The van der Waals surface area contributed by atoms with Gasteiger partial charge in [0.25, 0.3) is 0 Å². The number of benzene rings is 2. The molecule has 0 aliphatic heterocycles. The van der Waals surface area contributed by atoms with Gasteiger partial charge in [-0.05, 0) is 79.7 Å². The van der Waals surface area contributed by atoms with Crippen LogP contribution >= 0.6 is 11.3 Å². The molecular formula is C31H44N3O4S+. The summed E-state index contributed by atoms with van der Waals surface area (Å²) in [7, 11) is 0. The molecule has 1 saturated carbocycles. The highest BCUT2D eigenvalue weighted by Gasteiger charge is 2.33. The van der Waals surface area contributed by atoms with Gasteiger partial charge in [0.05, 0.1) is 21.6 Å². The van der Waals surface area contributed by atoms with Crippen molar-refractivity contribution >= 4 is 28.8 Å². The first kappa shape index (κ1) is 30.8. The molecule has 0 bridgehead atoms. The van der Waals surface area contributed by atoms with Crippen LogP contribution in [0.1, 0.15) is 110 Å². The number of carboxylic acids is 1. The van der Waals surface area contributed by atoms with E-state index in [9.17, 15) is 15.2 Å². The molecule has 212 valence electrons. The summed E-state index contributed by atoms with van der Waals surface area (Å²) in [6.45, 7) is 8.73. The van der Waals surface area contributed by atoms with Crippen LogP contribution in [0, 0.1) is 12.8 Å². The van der Waals surface area contributed by atoms with Gasteiger partial charge in [0.2, 0.25) is 0 Å². The number of hydrogen-bond acceptors (Lipinski definition) is 6. The number of aromatic nitrogens is 1. The smallest absolute Gasteiger partial charge is 0.335 e. The molecule has 1 aliphatic rings. The molecule has 0 amide bonds. The van der Waals surface area contributed by atoms with Gasteiger partial charge in [0, 0.05) is 0 Å². The van der Waals surface area contributed by atoms with E-state index in [2.05, 4.69) is 61.5 Å². The van der Waals surface area contributed by atoms with E-state index >= 15 is 0 Å². The second-order valence-electron chi connectivity index (χ2n) is 10.7. The molecule has 4 rings (SSSR count). The molecule has 7 nitrogen and oxygen atoms in total. The second kappa shape index (κ2) is 14.6. The van der Waals surface area contributed by atoms with Crippen LogP contribution in [0.2, 0.25) is 0 Å². The number of thiazole rings is 1. The number of rotatable bonds is 12. The van der Waals surface area contributed by atoms with E-state index in [0.717, 1.165) is 36.7 Å². The van der Waals surface area contributed by atoms with Crippen molar-refractivity contribution < 1.29 is 20.3 Å². The molecule has 1 aliphatic carbocycles. The first-order valence-corrected chi connectivity index (χ1v) is 15.0. The lowest BCUT2D eigenvalue weighted by Crippen LogP contribution is -2.48. The highest BCUT2D eigenvalue weighted by molar-refractivity contribution is 7.09. The number of nitrogens with zero attached hydrogens (tertiary/aromatic N) is 2. The molecule has 0 radical (unpaired) electrons. The van der Waals surface area contributed by atoms with E-state index in [1.165, 1.54) is 55.1 Å². The van der Waals surface area contributed by atoms with Crippen molar-refractivity contribution in [2.45, 2.75) is 90.9 Å². The maximum atomic E-state index is 11.2. The summed E-state index contributed by atoms with van der Waals surface area (Å²) in [5.41, 5.74) is 5.64. The van der Waals surface area contributed by atoms with Gasteiger partial charge in [-0.3, -0.25) is 0 Å². The van der Waals surface area contributed by atoms with Crippen molar-refractivity contribution in [1.29, 1.82) is 0 Å². The minimum absolute atomic E-state index is 0.0642. The van der Waals surface area contributed by atoms with Crippen LogP contribution in [0.5, 0.6) is 0 Å². The quantitative estimate of drug-likeness (QED) is 0.132. The van der Waals surface area contributed by atoms with Crippen LogP contribution in [0.25, 0.3) is 0 Å². The third kappa shape index (κ3) is 8.86. The Morgan fingerprint density at radius 3 is 2.36 bits per heavy atom. The van der Waals surface area contributed by atoms with Crippen molar-refractivity contribution in [3.05, 3.63) is 75.6 Å². The maximum absolute atomic E-state index is 11.2. The number of carboxylic acid groups (broad SMARTS) is 1. The first-order valence-electron chi connectivity index (χ1n) is 14.1. The predicted octanol–water partition coefficient (Wildman–Crippen LogP) is 8.93. The number of aryl methyl sites for hydroxylation is 1. The molecule has 39 heavy (non-hydrogen) atoms. The molecule has 8 heteroatoms. The lowest BCUT2D eigenvalue weighted by molar-refractivity contribution is -0.274. The van der Waals surface area contributed by atoms with Crippen LogP contribution in [-0.4, -0.2) is 26.5 Å². The third-order valence-electron chi connectivity index (χ3n) is 7.66. The number of aromatic carboxylic acids is 1. The lowest BCUT2D eigenvalue weighted by Gasteiger charge is -2.29. The number of carbonyl (C=O) groups is 1. The Morgan fingerprint density at radius 1 is 1.10 bits per heavy atom. The molecule has 0 saturated heterocycles. The van der Waals surface area contributed by atoms with E-state index < -0.39 is 10.9 Å². The van der Waals surface area contributed by atoms with Crippen LogP contribution < -0.4 is 10.3 Å². The summed E-state index contributed by atoms with van der Waals surface area (Å²) >= 11 is 1.31. The molecule has 1 fully saturated rings. The number of quaternary nitrogens is 1. The minimum atomic E-state index is -1.57. The van der Waals surface area contributed by atoms with E-state index in [0.29, 0.717) is 10.7 Å². The minimum Gasteiger partial charge on any atom is -0.478 e. The maximum Gasteiger partial charge on any atom is 0.335 e. The summed E-state index contributed by atoms with van der Waals surface area (Å²) in [6.07, 6.45) is 9.68. The van der Waals surface area contributed by atoms with E-state index in [4.69, 9.17) is 5.11 Å². The predicted molar refractivity (Wildman–Crippen MR) is 159 cm³/mol. The molecule has 0 spiro atoms. The van der Waals surface area contributed by atoms with Crippen molar-refractivity contribution in [3.8, 4) is 0 Å². The van der Waals surface area contributed by atoms with Crippen molar-refractivity contribution in [3.63, 3.8) is 0 Å². The fourth-order valence-electron chi connectivity index (χ4n) is 4.82. The van der Waals surface area contributed by atoms with E-state index in [1.807, 2.05) is 0 Å². The van der Waals surface area contributed by atoms with Crippen LogP contribution in [-0.2, 0) is 0 Å². The molecule has 1 aromatic heterocycles. The summed E-state index contributed by atoms with van der Waals surface area (Å²) < 4.78 is 0. The van der Waals surface area contributed by atoms with E-state index in [-0.39, 0.29) is 17.3 Å². The first-order chi connectivity index (χ1) is 18.6. The Balaban J connectivity index is 0.000000231. The fraction of sp³-hybridized carbons (Fsp3) is 0.484. The zero-order chi connectivity index (χ0) is 28.4. The molecule has 2 atom stereocenters. The van der Waals surface area contributed by atoms with Crippen LogP contribution in [0.4, 0.5) is 11.5 Å². The van der Waals surface area contributed by atoms with Crippen LogP contribution in [0.15, 0.2) is 53.9 Å². The van der Waals surface area contributed by atoms with Gasteiger partial charge >= 0.3 is 11.8 Å². The zero-order valence-corrected chi connectivity index (χ0v) is 24.5. The fourth-order valence-corrected chi connectivity index (χ4v) is 5.44. The van der Waals surface area contributed by atoms with Crippen molar-refractivity contribution in [2.75, 3.05) is 5.43 Å². The average molecular weight is 555 g/mol. The summed E-state index contributed by atoms with van der Waals surface area (Å²) in [6, 6.07) is 15.6. The SMILES string of the molecule is CCCC(CCC(C)CC)c1ccccc1.Cc1nc([N+](O)(O)Nc2ccc(C(=O)O)cc2C2CCC2)cs1. The largest absolute Gasteiger partial charge is 0.478 e. The van der Waals surface area contributed by atoms with Gasteiger partial charge < -0.3 is 5.11 Å². The van der Waals surface area contributed by atoms with Crippen molar-refractivity contribution in [1.82, 2.24) is 9.90 Å². The second-order valence-corrected chi connectivity index (χ2v) is 11.7. The van der Waals surface area contributed by atoms with Gasteiger partial charge in [0.15, 0.2) is 0 Å². The monoisotopic (exact) mass is 554 g/mol. The van der Waals surface area contributed by atoms with Crippen molar-refractivity contribution in [2.24, 2.45) is 5.92 Å². The Hall–Kier alpha value is -2.78. The number of anilines is 1. The topological polar surface area (TPSA) is 103 Å². The highest BCUT2D eigenvalue weighted by atomic mass is 32.1.